The number of aliphatic hydroxyl groups is 1. The van der Waals surface area contributed by atoms with Gasteiger partial charge in [-0.25, -0.2) is 0 Å². The number of nitro benzene ring substituents is 1. The number of hydrogen-bond donors (Lipinski definition) is 2. The number of aryl methyl sites for hydroxylation is 1. The Bertz CT molecular complexity index is 593. The van der Waals surface area contributed by atoms with E-state index in [0.717, 1.165) is 5.56 Å². The molecule has 1 aromatic heterocycles. The molecular formula is C13H13ClN2O3S. The molecule has 0 amide bonds. The van der Waals surface area contributed by atoms with Gasteiger partial charge < -0.3 is 10.4 Å². The summed E-state index contributed by atoms with van der Waals surface area (Å²) in [6.07, 6.45) is -0.646. The lowest BCUT2D eigenvalue weighted by Crippen LogP contribution is -2.12. The second kappa shape index (κ2) is 6.21. The van der Waals surface area contributed by atoms with Crippen molar-refractivity contribution >= 4 is 34.3 Å². The molecule has 1 unspecified atom stereocenters. The van der Waals surface area contributed by atoms with E-state index in [1.807, 2.05) is 16.8 Å². The van der Waals surface area contributed by atoms with Gasteiger partial charge in [0.05, 0.1) is 21.7 Å². The van der Waals surface area contributed by atoms with E-state index in [0.29, 0.717) is 11.3 Å². The summed E-state index contributed by atoms with van der Waals surface area (Å²) < 4.78 is 0. The molecule has 1 aromatic carbocycles. The van der Waals surface area contributed by atoms with Gasteiger partial charge in [-0.05, 0) is 34.9 Å². The van der Waals surface area contributed by atoms with Gasteiger partial charge in [-0.2, -0.15) is 11.3 Å². The van der Waals surface area contributed by atoms with Crippen LogP contribution in [0, 0.1) is 17.0 Å². The van der Waals surface area contributed by atoms with Crippen molar-refractivity contribution in [2.75, 3.05) is 11.9 Å². The van der Waals surface area contributed by atoms with Gasteiger partial charge >= 0.3 is 0 Å². The molecule has 1 atom stereocenters. The number of hydrogen-bond acceptors (Lipinski definition) is 5. The lowest BCUT2D eigenvalue weighted by atomic mass is 10.1. The number of aliphatic hydroxyl groups excluding tert-OH is 1. The molecular weight excluding hydrogens is 300 g/mol. The molecule has 106 valence electrons. The Morgan fingerprint density at radius 2 is 2.30 bits per heavy atom. The predicted molar refractivity (Wildman–Crippen MR) is 80.6 cm³/mol. The number of nitro groups is 1. The van der Waals surface area contributed by atoms with Crippen LogP contribution in [0.1, 0.15) is 17.2 Å². The lowest BCUT2D eigenvalue weighted by Gasteiger charge is -2.14. The maximum absolute atomic E-state index is 10.7. The summed E-state index contributed by atoms with van der Waals surface area (Å²) in [6, 6.07) is 4.60. The number of benzene rings is 1. The fraction of sp³-hybridized carbons (Fsp3) is 0.231. The molecule has 7 heteroatoms. The Kier molecular flexibility index (Phi) is 4.59. The second-order valence-corrected chi connectivity index (χ2v) is 5.52. The third kappa shape index (κ3) is 3.27. The molecule has 5 nitrogen and oxygen atoms in total. The molecule has 2 N–H and O–H groups in total. The zero-order valence-corrected chi connectivity index (χ0v) is 12.2. The summed E-state index contributed by atoms with van der Waals surface area (Å²) in [5.41, 5.74) is 2.06. The summed E-state index contributed by atoms with van der Waals surface area (Å²) in [5, 5.41) is 27.8. The number of thiophene rings is 1. The van der Waals surface area contributed by atoms with Gasteiger partial charge in [0.1, 0.15) is 0 Å². The van der Waals surface area contributed by atoms with Gasteiger partial charge in [0, 0.05) is 18.7 Å². The summed E-state index contributed by atoms with van der Waals surface area (Å²) in [7, 11) is 0. The zero-order valence-electron chi connectivity index (χ0n) is 10.7. The van der Waals surface area contributed by atoms with Crippen LogP contribution in [0.4, 0.5) is 11.4 Å². The molecule has 2 aromatic rings. The molecule has 0 aliphatic carbocycles. The summed E-state index contributed by atoms with van der Waals surface area (Å²) in [6.45, 7) is 2.02. The summed E-state index contributed by atoms with van der Waals surface area (Å²) in [4.78, 5) is 10.2. The first-order valence-corrected chi connectivity index (χ1v) is 7.19. The molecule has 0 radical (unpaired) electrons. The second-order valence-electron chi connectivity index (χ2n) is 4.33. The van der Waals surface area contributed by atoms with Crippen LogP contribution in [-0.2, 0) is 0 Å². The topological polar surface area (TPSA) is 75.4 Å². The minimum atomic E-state index is -0.646. The first kappa shape index (κ1) is 14.8. The number of nitrogens with zero attached hydrogens (tertiary/aromatic N) is 1. The van der Waals surface area contributed by atoms with Gasteiger partial charge in [-0.15, -0.1) is 0 Å². The SMILES string of the molecule is Cc1cc([N+](=O)[O-])cc(Cl)c1NCC(O)c1ccsc1. The molecule has 2 rings (SSSR count). The van der Waals surface area contributed by atoms with E-state index in [1.165, 1.54) is 23.5 Å². The van der Waals surface area contributed by atoms with E-state index in [-0.39, 0.29) is 17.3 Å². The first-order chi connectivity index (χ1) is 9.49. The Morgan fingerprint density at radius 1 is 1.55 bits per heavy atom. The molecule has 1 heterocycles. The number of rotatable bonds is 5. The van der Waals surface area contributed by atoms with Crippen LogP contribution in [0.2, 0.25) is 5.02 Å². The van der Waals surface area contributed by atoms with Crippen LogP contribution in [0.5, 0.6) is 0 Å². The minimum absolute atomic E-state index is 0.0450. The van der Waals surface area contributed by atoms with Gasteiger partial charge in [-0.3, -0.25) is 10.1 Å². The standard InChI is InChI=1S/C13H13ClN2O3S/c1-8-4-10(16(18)19)5-11(14)13(8)15-6-12(17)9-2-3-20-7-9/h2-5,7,12,15,17H,6H2,1H3. The van der Waals surface area contributed by atoms with E-state index in [2.05, 4.69) is 5.32 Å². The number of halogens is 1. The maximum Gasteiger partial charge on any atom is 0.271 e. The number of anilines is 1. The normalized spacial score (nSPS) is 12.2. The fourth-order valence-corrected chi connectivity index (χ4v) is 2.87. The highest BCUT2D eigenvalue weighted by Crippen LogP contribution is 2.31. The third-order valence-corrected chi connectivity index (χ3v) is 3.88. The zero-order chi connectivity index (χ0) is 14.7. The van der Waals surface area contributed by atoms with Crippen molar-refractivity contribution in [2.24, 2.45) is 0 Å². The van der Waals surface area contributed by atoms with Crippen molar-refractivity contribution in [3.8, 4) is 0 Å². The quantitative estimate of drug-likeness (QED) is 0.651. The van der Waals surface area contributed by atoms with Crippen molar-refractivity contribution in [2.45, 2.75) is 13.0 Å². The summed E-state index contributed by atoms with van der Waals surface area (Å²) in [5.74, 6) is 0. The highest BCUT2D eigenvalue weighted by atomic mass is 35.5. The largest absolute Gasteiger partial charge is 0.387 e. The first-order valence-electron chi connectivity index (χ1n) is 5.87. The monoisotopic (exact) mass is 312 g/mol. The van der Waals surface area contributed by atoms with Crippen LogP contribution in [0.25, 0.3) is 0 Å². The molecule has 20 heavy (non-hydrogen) atoms. The fourth-order valence-electron chi connectivity index (χ4n) is 1.84. The molecule has 0 saturated carbocycles. The van der Waals surface area contributed by atoms with Gasteiger partial charge in [0.25, 0.3) is 5.69 Å². The molecule has 0 bridgehead atoms. The Labute approximate surface area is 125 Å². The molecule has 0 saturated heterocycles. The average Bonchev–Trinajstić information content (AvgIpc) is 2.91. The van der Waals surface area contributed by atoms with E-state index >= 15 is 0 Å². The Morgan fingerprint density at radius 3 is 2.85 bits per heavy atom. The number of nitrogens with one attached hydrogen (secondary N) is 1. The minimum Gasteiger partial charge on any atom is -0.387 e. The highest BCUT2D eigenvalue weighted by Gasteiger charge is 2.14. The Balaban J connectivity index is 2.12. The van der Waals surface area contributed by atoms with Crippen molar-refractivity contribution in [1.29, 1.82) is 0 Å². The predicted octanol–water partition coefficient (Wildman–Crippen LogP) is 3.76. The van der Waals surface area contributed by atoms with E-state index < -0.39 is 11.0 Å². The van der Waals surface area contributed by atoms with Gasteiger partial charge in [0.2, 0.25) is 0 Å². The highest BCUT2D eigenvalue weighted by molar-refractivity contribution is 7.07. The van der Waals surface area contributed by atoms with E-state index in [1.54, 1.807) is 6.92 Å². The van der Waals surface area contributed by atoms with Crippen molar-refractivity contribution < 1.29 is 10.0 Å². The third-order valence-electron chi connectivity index (χ3n) is 2.88. The van der Waals surface area contributed by atoms with E-state index in [9.17, 15) is 15.2 Å². The van der Waals surface area contributed by atoms with Crippen molar-refractivity contribution in [3.05, 3.63) is 55.2 Å². The molecule has 0 fully saturated rings. The van der Waals surface area contributed by atoms with E-state index in [4.69, 9.17) is 11.6 Å². The lowest BCUT2D eigenvalue weighted by molar-refractivity contribution is -0.384. The van der Waals surface area contributed by atoms with Crippen LogP contribution in [0.15, 0.2) is 29.0 Å². The molecule has 0 spiro atoms. The average molecular weight is 313 g/mol. The summed E-state index contributed by atoms with van der Waals surface area (Å²) >= 11 is 7.55. The van der Waals surface area contributed by atoms with Crippen LogP contribution in [0.3, 0.4) is 0 Å². The van der Waals surface area contributed by atoms with Crippen LogP contribution < -0.4 is 5.32 Å². The van der Waals surface area contributed by atoms with Crippen molar-refractivity contribution in [1.82, 2.24) is 0 Å². The van der Waals surface area contributed by atoms with Gasteiger partial charge in [0.15, 0.2) is 0 Å². The van der Waals surface area contributed by atoms with Crippen LogP contribution in [-0.4, -0.2) is 16.6 Å². The van der Waals surface area contributed by atoms with Crippen molar-refractivity contribution in [3.63, 3.8) is 0 Å². The smallest absolute Gasteiger partial charge is 0.271 e. The molecule has 0 aliphatic heterocycles. The maximum atomic E-state index is 10.7. The van der Waals surface area contributed by atoms with Crippen LogP contribution >= 0.6 is 22.9 Å². The molecule has 0 aliphatic rings. The Hall–Kier alpha value is -1.63. The van der Waals surface area contributed by atoms with Gasteiger partial charge in [-0.1, -0.05) is 11.6 Å². The number of non-ortho nitro benzene ring substituents is 1.